The van der Waals surface area contributed by atoms with E-state index < -0.39 is 12.0 Å². The summed E-state index contributed by atoms with van der Waals surface area (Å²) in [6, 6.07) is 9.14. The van der Waals surface area contributed by atoms with Crippen LogP contribution >= 0.6 is 12.2 Å². The van der Waals surface area contributed by atoms with Crippen LogP contribution in [0.3, 0.4) is 0 Å². The van der Waals surface area contributed by atoms with Crippen molar-refractivity contribution in [2.75, 3.05) is 12.0 Å². The van der Waals surface area contributed by atoms with E-state index in [4.69, 9.17) is 17.0 Å². The predicted octanol–water partition coefficient (Wildman–Crippen LogP) is 3.23. The minimum Gasteiger partial charge on any atom is -0.466 e. The van der Waals surface area contributed by atoms with Crippen LogP contribution in [0.25, 0.3) is 0 Å². The Morgan fingerprint density at radius 2 is 1.96 bits per heavy atom. The molecule has 0 fully saturated rings. The number of halogens is 1. The number of anilines is 1. The van der Waals surface area contributed by atoms with Crippen molar-refractivity contribution < 1.29 is 13.9 Å². The summed E-state index contributed by atoms with van der Waals surface area (Å²) in [5, 5.41) is 12.9. The number of nitrogens with zero attached hydrogens (tertiary/aromatic N) is 3. The van der Waals surface area contributed by atoms with E-state index in [9.17, 15) is 14.4 Å². The lowest BCUT2D eigenvalue weighted by atomic mass is 9.94. The Labute approximate surface area is 167 Å². The molecule has 2 aromatic rings. The van der Waals surface area contributed by atoms with Gasteiger partial charge >= 0.3 is 5.97 Å². The van der Waals surface area contributed by atoms with Gasteiger partial charge in [0.2, 0.25) is 0 Å². The second-order valence-electron chi connectivity index (χ2n) is 6.43. The lowest BCUT2D eigenvalue weighted by molar-refractivity contribution is -0.136. The van der Waals surface area contributed by atoms with E-state index in [0.29, 0.717) is 27.8 Å². The molecule has 28 heavy (non-hydrogen) atoms. The first-order valence-electron chi connectivity index (χ1n) is 8.51. The average Bonchev–Trinajstić information content (AvgIpc) is 2.96. The Hall–Kier alpha value is -3.18. The number of allylic oxidation sites excluding steroid dienone is 1. The molecule has 0 spiro atoms. The molecule has 0 bridgehead atoms. The van der Waals surface area contributed by atoms with Crippen molar-refractivity contribution in [3.8, 4) is 6.07 Å². The standard InChI is InChI=1S/C20H19FN4O2S/c1-11-16(9-15(10-22)24(11)3)18-17(19(26)27-4)12(2)25(20(28)23-18)14-7-5-13(21)6-8-14/h5-9,18H,1-4H3,(H,23,28)/t18-/m0/s1. The Bertz CT molecular complexity index is 1030. The number of hydrogen-bond acceptors (Lipinski definition) is 4. The maximum atomic E-state index is 13.3. The molecule has 0 amide bonds. The molecule has 144 valence electrons. The highest BCUT2D eigenvalue weighted by Gasteiger charge is 2.36. The monoisotopic (exact) mass is 398 g/mol. The molecule has 1 aromatic carbocycles. The first-order valence-corrected chi connectivity index (χ1v) is 8.92. The summed E-state index contributed by atoms with van der Waals surface area (Å²) in [5.41, 5.74) is 3.65. The van der Waals surface area contributed by atoms with E-state index in [0.717, 1.165) is 11.3 Å². The molecule has 0 aliphatic carbocycles. The van der Waals surface area contributed by atoms with Gasteiger partial charge in [0.1, 0.15) is 17.6 Å². The van der Waals surface area contributed by atoms with E-state index in [1.165, 1.54) is 19.2 Å². The molecule has 0 saturated carbocycles. The number of rotatable bonds is 3. The zero-order valence-corrected chi connectivity index (χ0v) is 16.7. The highest BCUT2D eigenvalue weighted by atomic mass is 32.1. The molecule has 0 radical (unpaired) electrons. The zero-order valence-electron chi connectivity index (χ0n) is 15.9. The van der Waals surface area contributed by atoms with Crippen LogP contribution in [-0.2, 0) is 16.6 Å². The summed E-state index contributed by atoms with van der Waals surface area (Å²) in [5.74, 6) is -0.873. The minimum atomic E-state index is -0.565. The second kappa shape index (κ2) is 7.44. The highest BCUT2D eigenvalue weighted by Crippen LogP contribution is 2.36. The SMILES string of the molecule is COC(=O)C1=C(C)N(c2ccc(F)cc2)C(=S)N[C@H]1c1cc(C#N)n(C)c1C. The molecule has 1 N–H and O–H groups in total. The second-order valence-corrected chi connectivity index (χ2v) is 6.81. The molecule has 0 saturated heterocycles. The first kappa shape index (κ1) is 19.6. The van der Waals surface area contributed by atoms with Crippen molar-refractivity contribution in [1.29, 1.82) is 5.26 Å². The van der Waals surface area contributed by atoms with Gasteiger partial charge in [0.05, 0.1) is 18.7 Å². The molecule has 3 rings (SSSR count). The first-order chi connectivity index (χ1) is 13.3. The largest absolute Gasteiger partial charge is 0.466 e. The van der Waals surface area contributed by atoms with Gasteiger partial charge in [-0.2, -0.15) is 5.26 Å². The lowest BCUT2D eigenvalue weighted by Crippen LogP contribution is -2.48. The van der Waals surface area contributed by atoms with Gasteiger partial charge in [0.15, 0.2) is 5.11 Å². The maximum Gasteiger partial charge on any atom is 0.337 e. The molecule has 8 heteroatoms. The summed E-state index contributed by atoms with van der Waals surface area (Å²) in [4.78, 5) is 14.3. The number of methoxy groups -OCH3 is 1. The van der Waals surface area contributed by atoms with E-state index in [1.54, 1.807) is 41.6 Å². The Balaban J connectivity index is 2.18. The molecule has 1 atom stereocenters. The number of carbonyl (C=O) groups excluding carboxylic acids is 1. The summed E-state index contributed by atoms with van der Waals surface area (Å²) in [7, 11) is 3.10. The zero-order chi connectivity index (χ0) is 20.6. The molecule has 1 aliphatic rings. The number of aromatic nitrogens is 1. The molecular weight excluding hydrogens is 379 g/mol. The minimum absolute atomic E-state index is 0.364. The average molecular weight is 398 g/mol. The lowest BCUT2D eigenvalue weighted by Gasteiger charge is -2.37. The van der Waals surface area contributed by atoms with Crippen molar-refractivity contribution in [2.45, 2.75) is 19.9 Å². The molecule has 2 heterocycles. The Morgan fingerprint density at radius 1 is 1.32 bits per heavy atom. The van der Waals surface area contributed by atoms with Crippen molar-refractivity contribution in [1.82, 2.24) is 9.88 Å². The molecule has 1 aromatic heterocycles. The third kappa shape index (κ3) is 3.14. The number of benzene rings is 1. The van der Waals surface area contributed by atoms with Gasteiger partial charge in [-0.05, 0) is 56.4 Å². The summed E-state index contributed by atoms with van der Waals surface area (Å²) in [6.07, 6.45) is 0. The summed E-state index contributed by atoms with van der Waals surface area (Å²) < 4.78 is 20.1. The van der Waals surface area contributed by atoms with Gasteiger partial charge in [-0.1, -0.05) is 0 Å². The number of esters is 1. The molecule has 0 unspecified atom stereocenters. The van der Waals surface area contributed by atoms with Crippen LogP contribution in [0.1, 0.15) is 29.9 Å². The smallest absolute Gasteiger partial charge is 0.337 e. The van der Waals surface area contributed by atoms with Crippen molar-refractivity contribution in [2.24, 2.45) is 7.05 Å². The molecule has 1 aliphatic heterocycles. The van der Waals surface area contributed by atoms with Crippen LogP contribution in [0.15, 0.2) is 41.6 Å². The number of nitrogens with one attached hydrogen (secondary N) is 1. The summed E-state index contributed by atoms with van der Waals surface area (Å²) >= 11 is 5.55. The highest BCUT2D eigenvalue weighted by molar-refractivity contribution is 7.80. The van der Waals surface area contributed by atoms with E-state index in [1.807, 2.05) is 6.92 Å². The Kier molecular flexibility index (Phi) is 5.21. The van der Waals surface area contributed by atoms with Gasteiger partial charge in [0.25, 0.3) is 0 Å². The number of hydrogen-bond donors (Lipinski definition) is 1. The van der Waals surface area contributed by atoms with Crippen LogP contribution in [0, 0.1) is 24.1 Å². The molecular formula is C20H19FN4O2S. The number of ether oxygens (including phenoxy) is 1. The fraction of sp³-hybridized carbons (Fsp3) is 0.250. The topological polar surface area (TPSA) is 70.3 Å². The van der Waals surface area contributed by atoms with Gasteiger partial charge in [0, 0.05) is 29.7 Å². The summed E-state index contributed by atoms with van der Waals surface area (Å²) in [6.45, 7) is 3.64. The fourth-order valence-electron chi connectivity index (χ4n) is 3.37. The van der Waals surface area contributed by atoms with E-state index >= 15 is 0 Å². The van der Waals surface area contributed by atoms with Crippen molar-refractivity contribution >= 4 is 29.0 Å². The van der Waals surface area contributed by atoms with Crippen molar-refractivity contribution in [3.63, 3.8) is 0 Å². The van der Waals surface area contributed by atoms with Gasteiger partial charge in [-0.3, -0.25) is 4.90 Å². The van der Waals surface area contributed by atoms with Crippen LogP contribution < -0.4 is 10.2 Å². The number of nitriles is 1. The fourth-order valence-corrected chi connectivity index (χ4v) is 3.73. The maximum absolute atomic E-state index is 13.3. The van der Waals surface area contributed by atoms with Crippen LogP contribution in [0.2, 0.25) is 0 Å². The third-order valence-electron chi connectivity index (χ3n) is 4.97. The van der Waals surface area contributed by atoms with Gasteiger partial charge < -0.3 is 14.6 Å². The third-order valence-corrected chi connectivity index (χ3v) is 5.28. The molecule has 6 nitrogen and oxygen atoms in total. The van der Waals surface area contributed by atoms with E-state index in [-0.39, 0.29) is 5.82 Å². The predicted molar refractivity (Wildman–Crippen MR) is 107 cm³/mol. The number of thiocarbonyl (C=S) groups is 1. The van der Waals surface area contributed by atoms with Crippen LogP contribution in [0.5, 0.6) is 0 Å². The van der Waals surface area contributed by atoms with Crippen LogP contribution in [0.4, 0.5) is 10.1 Å². The van der Waals surface area contributed by atoms with Crippen LogP contribution in [-0.4, -0.2) is 22.8 Å². The normalized spacial score (nSPS) is 16.6. The Morgan fingerprint density at radius 3 is 2.50 bits per heavy atom. The number of carbonyl (C=O) groups is 1. The van der Waals surface area contributed by atoms with Gasteiger partial charge in [-0.15, -0.1) is 0 Å². The van der Waals surface area contributed by atoms with Crippen molar-refractivity contribution in [3.05, 3.63) is 64.4 Å². The van der Waals surface area contributed by atoms with Gasteiger partial charge in [-0.25, -0.2) is 9.18 Å². The van der Waals surface area contributed by atoms with E-state index in [2.05, 4.69) is 11.4 Å². The quantitative estimate of drug-likeness (QED) is 0.632.